The lowest BCUT2D eigenvalue weighted by Crippen LogP contribution is -2.11. The Kier molecular flexibility index (Phi) is 12.5. The van der Waals surface area contributed by atoms with Gasteiger partial charge in [-0.25, -0.2) is 0 Å². The van der Waals surface area contributed by atoms with Crippen LogP contribution < -0.4 is 4.90 Å². The van der Waals surface area contributed by atoms with Crippen molar-refractivity contribution < 1.29 is 0 Å². The van der Waals surface area contributed by atoms with E-state index in [1.165, 1.54) is 57.4 Å². The van der Waals surface area contributed by atoms with Crippen LogP contribution in [0.25, 0.3) is 33.9 Å². The zero-order valence-corrected chi connectivity index (χ0v) is 33.2. The lowest BCUT2D eigenvalue weighted by atomic mass is 9.84. The lowest BCUT2D eigenvalue weighted by molar-refractivity contribution is 0.504. The molecule has 0 bridgehead atoms. The molecular formula is C57H51N. The molecule has 0 spiro atoms. The highest BCUT2D eigenvalue weighted by Crippen LogP contribution is 2.39. The molecule has 284 valence electrons. The molecule has 0 fully saturated rings. The van der Waals surface area contributed by atoms with E-state index in [1.54, 1.807) is 0 Å². The highest BCUT2D eigenvalue weighted by atomic mass is 15.1. The molecule has 1 aliphatic carbocycles. The monoisotopic (exact) mass is 749 g/mol. The van der Waals surface area contributed by atoms with Gasteiger partial charge in [0.05, 0.1) is 5.69 Å². The third-order valence-electron chi connectivity index (χ3n) is 11.4. The molecule has 0 saturated heterocycles. The van der Waals surface area contributed by atoms with E-state index in [2.05, 4.69) is 224 Å². The minimum atomic E-state index is 0.451. The Bertz CT molecular complexity index is 2460. The molecule has 1 nitrogen and oxygen atoms in total. The molecule has 1 heteroatoms. The van der Waals surface area contributed by atoms with Crippen LogP contribution in [-0.2, 0) is 6.42 Å². The molecule has 2 atom stereocenters. The van der Waals surface area contributed by atoms with Crippen LogP contribution in [0.1, 0.15) is 53.9 Å². The van der Waals surface area contributed by atoms with Gasteiger partial charge in [-0.3, -0.25) is 0 Å². The molecule has 0 saturated carbocycles. The second-order valence-electron chi connectivity index (χ2n) is 15.3. The van der Waals surface area contributed by atoms with Crippen molar-refractivity contribution in [3.8, 4) is 22.3 Å². The molecule has 1 aliphatic rings. The summed E-state index contributed by atoms with van der Waals surface area (Å²) in [6.45, 7) is 3.89. The standard InChI is InChI=1S/C57H51N/c1-2-3-19-52-24-13-14-29-57(52)58(55-27-11-6-12-28-55)56-40-38-51(39-41-56)53-25-15-17-44(42-53)18-16-26-54(50-36-34-49(35-37-50)47-22-9-5-10-23-47)43-45-30-32-48(33-31-45)46-20-7-4-8-21-46/h2-15,19-25,27-42,44,54H,1,16-18,26,43H2/b19-3-. The molecular weight excluding hydrogens is 699 g/mol. The normalized spacial score (nSPS) is 14.2. The van der Waals surface area contributed by atoms with Crippen LogP contribution in [0, 0.1) is 5.92 Å². The quantitative estimate of drug-likeness (QED) is 0.0944. The summed E-state index contributed by atoms with van der Waals surface area (Å²) < 4.78 is 0. The van der Waals surface area contributed by atoms with Gasteiger partial charge >= 0.3 is 0 Å². The Labute approximate surface area is 345 Å². The highest BCUT2D eigenvalue weighted by molar-refractivity contribution is 5.84. The summed E-state index contributed by atoms with van der Waals surface area (Å²) in [5, 5.41) is 0. The summed E-state index contributed by atoms with van der Waals surface area (Å²) in [6, 6.07) is 68.2. The van der Waals surface area contributed by atoms with Gasteiger partial charge < -0.3 is 4.90 Å². The van der Waals surface area contributed by atoms with E-state index in [9.17, 15) is 0 Å². The Morgan fingerprint density at radius 3 is 1.78 bits per heavy atom. The second kappa shape index (κ2) is 19.0. The number of benzene rings is 7. The van der Waals surface area contributed by atoms with Crippen LogP contribution in [0.15, 0.2) is 225 Å². The number of para-hydroxylation sites is 2. The van der Waals surface area contributed by atoms with Crippen molar-refractivity contribution in [1.82, 2.24) is 0 Å². The fraction of sp³-hybridized carbons (Fsp3) is 0.123. The van der Waals surface area contributed by atoms with Crippen LogP contribution in [0.3, 0.4) is 0 Å². The smallest absolute Gasteiger partial charge is 0.0533 e. The molecule has 2 unspecified atom stereocenters. The molecule has 0 aromatic heterocycles. The topological polar surface area (TPSA) is 3.24 Å². The van der Waals surface area contributed by atoms with Crippen molar-refractivity contribution >= 4 is 28.7 Å². The predicted molar refractivity (Wildman–Crippen MR) is 250 cm³/mol. The van der Waals surface area contributed by atoms with Crippen LogP contribution >= 0.6 is 0 Å². The fourth-order valence-electron chi connectivity index (χ4n) is 8.29. The summed E-state index contributed by atoms with van der Waals surface area (Å²) in [7, 11) is 0. The van der Waals surface area contributed by atoms with Gasteiger partial charge in [0, 0.05) is 11.4 Å². The first-order valence-electron chi connectivity index (χ1n) is 20.7. The van der Waals surface area contributed by atoms with E-state index in [0.717, 1.165) is 41.9 Å². The average molecular weight is 750 g/mol. The number of anilines is 3. The number of rotatable bonds is 15. The van der Waals surface area contributed by atoms with E-state index in [-0.39, 0.29) is 0 Å². The lowest BCUT2D eigenvalue weighted by Gasteiger charge is -2.27. The van der Waals surface area contributed by atoms with Crippen molar-refractivity contribution in [2.24, 2.45) is 5.92 Å². The van der Waals surface area contributed by atoms with Crippen LogP contribution in [0.2, 0.25) is 0 Å². The second-order valence-corrected chi connectivity index (χ2v) is 15.3. The first kappa shape index (κ1) is 38.2. The van der Waals surface area contributed by atoms with E-state index < -0.39 is 0 Å². The summed E-state index contributed by atoms with van der Waals surface area (Å²) >= 11 is 0. The number of nitrogens with zero attached hydrogens (tertiary/aromatic N) is 1. The van der Waals surface area contributed by atoms with Crippen molar-refractivity contribution in [2.45, 2.75) is 38.0 Å². The van der Waals surface area contributed by atoms with Gasteiger partial charge in [-0.05, 0) is 118 Å². The minimum Gasteiger partial charge on any atom is -0.310 e. The fourth-order valence-corrected chi connectivity index (χ4v) is 8.29. The molecule has 0 heterocycles. The average Bonchev–Trinajstić information content (AvgIpc) is 3.30. The summed E-state index contributed by atoms with van der Waals surface area (Å²) in [4.78, 5) is 2.34. The molecule has 7 aromatic rings. The van der Waals surface area contributed by atoms with Crippen LogP contribution in [-0.4, -0.2) is 0 Å². The Balaban J connectivity index is 0.978. The predicted octanol–water partition coefficient (Wildman–Crippen LogP) is 15.8. The van der Waals surface area contributed by atoms with Crippen molar-refractivity contribution in [2.75, 3.05) is 4.90 Å². The Morgan fingerprint density at radius 1 is 0.569 bits per heavy atom. The van der Waals surface area contributed by atoms with Gasteiger partial charge in [0.25, 0.3) is 0 Å². The maximum absolute atomic E-state index is 3.89. The summed E-state index contributed by atoms with van der Waals surface area (Å²) in [5.74, 6) is 0.975. The molecule has 0 amide bonds. The minimum absolute atomic E-state index is 0.451. The third-order valence-corrected chi connectivity index (χ3v) is 11.4. The highest BCUT2D eigenvalue weighted by Gasteiger charge is 2.18. The van der Waals surface area contributed by atoms with Gasteiger partial charge in [0.15, 0.2) is 0 Å². The third kappa shape index (κ3) is 9.45. The Hall–Kier alpha value is -6.70. The molecule has 0 N–H and O–H groups in total. The van der Waals surface area contributed by atoms with Crippen molar-refractivity contribution in [1.29, 1.82) is 0 Å². The first-order chi connectivity index (χ1) is 28.7. The number of hydrogen-bond donors (Lipinski definition) is 0. The maximum atomic E-state index is 3.89. The number of allylic oxidation sites excluding steroid dienone is 6. The van der Waals surface area contributed by atoms with Gasteiger partial charge in [0.2, 0.25) is 0 Å². The van der Waals surface area contributed by atoms with E-state index >= 15 is 0 Å². The molecule has 8 rings (SSSR count). The van der Waals surface area contributed by atoms with Gasteiger partial charge in [-0.15, -0.1) is 0 Å². The largest absolute Gasteiger partial charge is 0.310 e. The molecule has 0 aliphatic heterocycles. The zero-order chi connectivity index (χ0) is 39.4. The summed E-state index contributed by atoms with van der Waals surface area (Å²) in [6.07, 6.45) is 18.8. The van der Waals surface area contributed by atoms with E-state index in [0.29, 0.717) is 11.8 Å². The summed E-state index contributed by atoms with van der Waals surface area (Å²) in [5.41, 5.74) is 15.0. The zero-order valence-electron chi connectivity index (χ0n) is 33.2. The van der Waals surface area contributed by atoms with E-state index in [4.69, 9.17) is 0 Å². The molecule has 7 aromatic carbocycles. The number of hydrogen-bond acceptors (Lipinski definition) is 1. The molecule has 0 radical (unpaired) electrons. The van der Waals surface area contributed by atoms with Gasteiger partial charge in [-0.1, -0.05) is 207 Å². The van der Waals surface area contributed by atoms with Gasteiger partial charge in [-0.2, -0.15) is 0 Å². The Morgan fingerprint density at radius 2 is 1.12 bits per heavy atom. The van der Waals surface area contributed by atoms with E-state index in [1.807, 2.05) is 12.2 Å². The maximum Gasteiger partial charge on any atom is 0.0533 e. The molecule has 58 heavy (non-hydrogen) atoms. The van der Waals surface area contributed by atoms with Crippen molar-refractivity contribution in [3.05, 3.63) is 247 Å². The van der Waals surface area contributed by atoms with Gasteiger partial charge in [0.1, 0.15) is 0 Å². The first-order valence-corrected chi connectivity index (χ1v) is 20.7. The SMILES string of the molecule is C=C/C=C\c1ccccc1N(c1ccccc1)c1ccc(C2=CC(CCCC(Cc3ccc(-c4ccccc4)cc3)c3ccc(-c4ccccc4)cc3)CC=C2)cc1. The van der Waals surface area contributed by atoms with Crippen molar-refractivity contribution in [3.63, 3.8) is 0 Å². The van der Waals surface area contributed by atoms with Crippen LogP contribution in [0.4, 0.5) is 17.1 Å². The van der Waals surface area contributed by atoms with Crippen LogP contribution in [0.5, 0.6) is 0 Å².